The summed E-state index contributed by atoms with van der Waals surface area (Å²) in [5.74, 6) is -0.0663. The Bertz CT molecular complexity index is 787. The first-order chi connectivity index (χ1) is 11.0. The van der Waals surface area contributed by atoms with Gasteiger partial charge in [0.1, 0.15) is 0 Å². The van der Waals surface area contributed by atoms with Crippen LogP contribution in [0.3, 0.4) is 0 Å². The third-order valence-electron chi connectivity index (χ3n) is 3.76. The van der Waals surface area contributed by atoms with Gasteiger partial charge < -0.3 is 5.32 Å². The first kappa shape index (κ1) is 16.4. The molecule has 0 saturated heterocycles. The summed E-state index contributed by atoms with van der Waals surface area (Å²) in [6.07, 6.45) is 0. The average Bonchev–Trinajstić information content (AvgIpc) is 2.81. The molecule has 1 amide bonds. The highest BCUT2D eigenvalue weighted by atomic mass is 35.5. The Morgan fingerprint density at radius 2 is 1.91 bits per heavy atom. The fourth-order valence-corrected chi connectivity index (χ4v) is 4.01. The number of hydrogen-bond donors (Lipinski definition) is 1. The first-order valence-electron chi connectivity index (χ1n) is 7.02. The molecule has 3 rings (SSSR count). The Labute approximate surface area is 148 Å². The minimum atomic E-state index is -0.233. The van der Waals surface area contributed by atoms with E-state index in [-0.39, 0.29) is 23.4 Å². The van der Waals surface area contributed by atoms with Crippen LogP contribution in [0.15, 0.2) is 41.3 Å². The van der Waals surface area contributed by atoms with E-state index in [9.17, 15) is 9.59 Å². The number of carbonyl (C=O) groups is 2. The minimum absolute atomic E-state index is 0.0275. The molecule has 0 aliphatic carbocycles. The van der Waals surface area contributed by atoms with Crippen LogP contribution in [0.4, 0.5) is 5.69 Å². The number of amides is 1. The molecule has 3 nitrogen and oxygen atoms in total. The average molecular weight is 366 g/mol. The van der Waals surface area contributed by atoms with Crippen molar-refractivity contribution >= 4 is 52.3 Å². The number of Topliss-reactive ketones (excluding diaryl/α,β-unsaturated/α-hetero) is 1. The second-order valence-electron chi connectivity index (χ2n) is 5.28. The summed E-state index contributed by atoms with van der Waals surface area (Å²) in [7, 11) is 0. The fourth-order valence-electron chi connectivity index (χ4n) is 2.43. The van der Waals surface area contributed by atoms with E-state index in [1.807, 2.05) is 6.92 Å². The topological polar surface area (TPSA) is 46.2 Å². The maximum atomic E-state index is 12.4. The molecule has 0 spiro atoms. The van der Waals surface area contributed by atoms with Crippen molar-refractivity contribution in [2.45, 2.75) is 17.7 Å². The zero-order valence-electron chi connectivity index (χ0n) is 12.2. The number of thioether (sulfide) groups is 1. The van der Waals surface area contributed by atoms with Crippen LogP contribution in [0, 0.1) is 0 Å². The molecule has 0 saturated carbocycles. The number of hydrogen-bond acceptors (Lipinski definition) is 3. The summed E-state index contributed by atoms with van der Waals surface area (Å²) < 4.78 is 0. The zero-order chi connectivity index (χ0) is 16.6. The van der Waals surface area contributed by atoms with Crippen LogP contribution in [0.1, 0.15) is 28.8 Å². The highest BCUT2D eigenvalue weighted by molar-refractivity contribution is 8.00. The zero-order valence-corrected chi connectivity index (χ0v) is 14.6. The summed E-state index contributed by atoms with van der Waals surface area (Å²) in [4.78, 5) is 24.8. The molecule has 0 radical (unpaired) electrons. The third kappa shape index (κ3) is 3.25. The molecule has 0 aromatic heterocycles. The molecule has 6 heteroatoms. The van der Waals surface area contributed by atoms with Crippen LogP contribution in [-0.4, -0.2) is 17.4 Å². The van der Waals surface area contributed by atoms with Crippen molar-refractivity contribution in [1.29, 1.82) is 0 Å². The van der Waals surface area contributed by atoms with E-state index in [4.69, 9.17) is 23.2 Å². The lowest BCUT2D eigenvalue weighted by atomic mass is 9.99. The van der Waals surface area contributed by atoms with E-state index in [1.54, 1.807) is 36.4 Å². The van der Waals surface area contributed by atoms with Gasteiger partial charge in [-0.05, 0) is 42.8 Å². The van der Waals surface area contributed by atoms with Gasteiger partial charge in [-0.25, -0.2) is 0 Å². The van der Waals surface area contributed by atoms with Crippen LogP contribution in [0.5, 0.6) is 0 Å². The molecule has 1 aliphatic rings. The molecule has 23 heavy (non-hydrogen) atoms. The third-order valence-corrected chi connectivity index (χ3v) is 5.75. The Hall–Kier alpha value is -1.49. The standard InChI is InChI=1S/C17H13Cl2NO2S/c1-9-11-7-10(5-6-14(11)20-17(9)22)15(21)8-23-16-12(18)3-2-4-13(16)19/h2-7,9H,8H2,1H3,(H,20,22)/t9-/m0/s1. The molecule has 0 unspecified atom stereocenters. The predicted molar refractivity (Wildman–Crippen MR) is 95.0 cm³/mol. The monoisotopic (exact) mass is 365 g/mol. The van der Waals surface area contributed by atoms with Crippen molar-refractivity contribution in [1.82, 2.24) is 0 Å². The minimum Gasteiger partial charge on any atom is -0.325 e. The van der Waals surface area contributed by atoms with Crippen molar-refractivity contribution in [3.8, 4) is 0 Å². The van der Waals surface area contributed by atoms with Crippen LogP contribution in [0.25, 0.3) is 0 Å². The molecule has 1 atom stereocenters. The maximum absolute atomic E-state index is 12.4. The number of carbonyl (C=O) groups excluding carboxylic acids is 2. The van der Waals surface area contributed by atoms with Crippen molar-refractivity contribution in [2.24, 2.45) is 0 Å². The number of ketones is 1. The lowest BCUT2D eigenvalue weighted by Gasteiger charge is -2.07. The molecular weight excluding hydrogens is 353 g/mol. The highest BCUT2D eigenvalue weighted by Gasteiger charge is 2.27. The molecule has 0 bridgehead atoms. The number of benzene rings is 2. The van der Waals surface area contributed by atoms with E-state index in [1.165, 1.54) is 11.8 Å². The van der Waals surface area contributed by atoms with E-state index < -0.39 is 0 Å². The lowest BCUT2D eigenvalue weighted by Crippen LogP contribution is -2.08. The number of anilines is 1. The van der Waals surface area contributed by atoms with Crippen LogP contribution in [-0.2, 0) is 4.79 Å². The van der Waals surface area contributed by atoms with E-state index >= 15 is 0 Å². The number of halogens is 2. The Morgan fingerprint density at radius 3 is 2.61 bits per heavy atom. The predicted octanol–water partition coefficient (Wildman–Crippen LogP) is 5.02. The second kappa shape index (κ2) is 6.56. The lowest BCUT2D eigenvalue weighted by molar-refractivity contribution is -0.116. The summed E-state index contributed by atoms with van der Waals surface area (Å²) in [6, 6.07) is 10.5. The molecule has 118 valence electrons. The van der Waals surface area contributed by atoms with E-state index in [0.717, 1.165) is 11.3 Å². The number of rotatable bonds is 4. The summed E-state index contributed by atoms with van der Waals surface area (Å²) in [5.41, 5.74) is 2.23. The van der Waals surface area contributed by atoms with Crippen LogP contribution >= 0.6 is 35.0 Å². The van der Waals surface area contributed by atoms with Gasteiger partial charge in [0.25, 0.3) is 0 Å². The van der Waals surface area contributed by atoms with E-state index in [2.05, 4.69) is 5.32 Å². The van der Waals surface area contributed by atoms with Gasteiger partial charge in [0.2, 0.25) is 5.91 Å². The molecule has 1 N–H and O–H groups in total. The SMILES string of the molecule is C[C@@H]1C(=O)Nc2ccc(C(=O)CSc3c(Cl)cccc3Cl)cc21. The number of fused-ring (bicyclic) bond motifs is 1. The van der Waals surface area contributed by atoms with Gasteiger partial charge in [-0.3, -0.25) is 9.59 Å². The smallest absolute Gasteiger partial charge is 0.231 e. The fraction of sp³-hybridized carbons (Fsp3) is 0.176. The molecule has 0 fully saturated rings. The normalized spacial score (nSPS) is 16.1. The summed E-state index contributed by atoms with van der Waals surface area (Å²) in [5, 5.41) is 3.87. The van der Waals surface area contributed by atoms with Gasteiger partial charge in [0.15, 0.2) is 5.78 Å². The Morgan fingerprint density at radius 1 is 1.22 bits per heavy atom. The highest BCUT2D eigenvalue weighted by Crippen LogP contribution is 2.35. The van der Waals surface area contributed by atoms with Gasteiger partial charge in [0, 0.05) is 16.1 Å². The van der Waals surface area contributed by atoms with E-state index in [0.29, 0.717) is 20.5 Å². The number of nitrogens with one attached hydrogen (secondary N) is 1. The molecule has 2 aromatic carbocycles. The van der Waals surface area contributed by atoms with Crippen LogP contribution in [0.2, 0.25) is 10.0 Å². The molecule has 2 aromatic rings. The first-order valence-corrected chi connectivity index (χ1v) is 8.76. The largest absolute Gasteiger partial charge is 0.325 e. The van der Waals surface area contributed by atoms with Crippen molar-refractivity contribution in [3.05, 3.63) is 57.6 Å². The van der Waals surface area contributed by atoms with Crippen molar-refractivity contribution in [2.75, 3.05) is 11.1 Å². The van der Waals surface area contributed by atoms with Gasteiger partial charge in [-0.1, -0.05) is 29.3 Å². The summed E-state index contributed by atoms with van der Waals surface area (Å²) in [6.45, 7) is 1.83. The van der Waals surface area contributed by atoms with Crippen molar-refractivity contribution < 1.29 is 9.59 Å². The summed E-state index contributed by atoms with van der Waals surface area (Å²) >= 11 is 13.5. The van der Waals surface area contributed by atoms with Gasteiger partial charge in [-0.2, -0.15) is 0 Å². The van der Waals surface area contributed by atoms with Gasteiger partial charge in [0.05, 0.1) is 21.7 Å². The molecule has 1 aliphatic heterocycles. The van der Waals surface area contributed by atoms with Gasteiger partial charge >= 0.3 is 0 Å². The second-order valence-corrected chi connectivity index (χ2v) is 7.08. The molecular formula is C17H13Cl2NO2S. The Balaban J connectivity index is 1.76. The molecule has 1 heterocycles. The van der Waals surface area contributed by atoms with Gasteiger partial charge in [-0.15, -0.1) is 11.8 Å². The Kier molecular flexibility index (Phi) is 4.67. The maximum Gasteiger partial charge on any atom is 0.231 e. The van der Waals surface area contributed by atoms with Crippen molar-refractivity contribution in [3.63, 3.8) is 0 Å². The van der Waals surface area contributed by atoms with Crippen LogP contribution < -0.4 is 5.32 Å². The quantitative estimate of drug-likeness (QED) is 0.610.